The highest BCUT2D eigenvalue weighted by molar-refractivity contribution is 6.06. The number of alkyl halides is 3. The van der Waals surface area contributed by atoms with E-state index < -0.39 is 58.8 Å². The Balaban J connectivity index is 0.000000287. The number of hydrogen-bond acceptors (Lipinski definition) is 10. The zero-order chi connectivity index (χ0) is 44.3. The summed E-state index contributed by atoms with van der Waals surface area (Å²) >= 11 is 0. The number of rotatable bonds is 12. The smallest absolute Gasteiger partial charge is 0.431 e. The van der Waals surface area contributed by atoms with Crippen LogP contribution in [0.1, 0.15) is 53.6 Å². The van der Waals surface area contributed by atoms with E-state index in [-0.39, 0.29) is 35.0 Å². The number of hydrazone groups is 1. The molecular formula is C40H37F5N6O9. The summed E-state index contributed by atoms with van der Waals surface area (Å²) in [7, 11) is 2.22. The highest BCUT2D eigenvalue weighted by Crippen LogP contribution is 2.28. The largest absolute Gasteiger partial charge is 0.489 e. The molecule has 316 valence electrons. The van der Waals surface area contributed by atoms with Gasteiger partial charge in [-0.1, -0.05) is 19.1 Å². The summed E-state index contributed by atoms with van der Waals surface area (Å²) in [5.41, 5.74) is 0.353. The number of nitrogens with one attached hydrogen (secondary N) is 2. The van der Waals surface area contributed by atoms with E-state index >= 15 is 0 Å². The number of amides is 2. The molecule has 0 saturated heterocycles. The summed E-state index contributed by atoms with van der Waals surface area (Å²) in [6.45, 7) is 5.09. The zero-order valence-corrected chi connectivity index (χ0v) is 32.5. The third kappa shape index (κ3) is 11.8. The van der Waals surface area contributed by atoms with Crippen LogP contribution in [0.25, 0.3) is 5.69 Å². The predicted octanol–water partition coefficient (Wildman–Crippen LogP) is 6.24. The lowest BCUT2D eigenvalue weighted by Gasteiger charge is -2.17. The maximum atomic E-state index is 13.1. The lowest BCUT2D eigenvalue weighted by atomic mass is 10.1. The maximum absolute atomic E-state index is 13.1. The standard InChI is InChI=1S/C25H25F3N2O6.C15H12F2N4O3/c1-5-16-6-7-17(20(12-16)36-15(2)23(32)34-4)14-35-19-10-8-18(9-11-19)30-22(31)13-21(25(26,27)28)29(3)24(30)33;1-8(13-12(14(22)23)3-2-4-18-13)20-21-15(24)19-11-6-9(16)5-10(17)7-11/h6-13,15H,5,14H2,1-4H3;2-7H,1H3,(H,22,23)(H2,19,21,24)/b;20-8+. The molecule has 1 unspecified atom stereocenters. The van der Waals surface area contributed by atoms with Crippen LogP contribution in [-0.4, -0.2) is 56.1 Å². The number of carboxylic acid groups (broad SMARTS) is 1. The number of carbonyl (C=O) groups is 3. The first-order chi connectivity index (χ1) is 28.3. The molecule has 15 nitrogen and oxygen atoms in total. The fourth-order valence-corrected chi connectivity index (χ4v) is 5.28. The summed E-state index contributed by atoms with van der Waals surface area (Å²) in [5, 5.41) is 15.0. The topological polar surface area (TPSA) is 192 Å². The molecule has 2 aromatic heterocycles. The van der Waals surface area contributed by atoms with Gasteiger partial charge in [0.25, 0.3) is 5.56 Å². The molecule has 20 heteroatoms. The number of ether oxygens (including phenoxy) is 3. The number of aromatic carboxylic acids is 1. The quantitative estimate of drug-likeness (QED) is 0.0561. The number of carboxylic acids is 1. The Labute approximate surface area is 337 Å². The zero-order valence-electron chi connectivity index (χ0n) is 32.5. The van der Waals surface area contributed by atoms with E-state index in [4.69, 9.17) is 19.3 Å². The second kappa shape index (κ2) is 19.9. The Kier molecular flexibility index (Phi) is 15.0. The first-order valence-corrected chi connectivity index (χ1v) is 17.6. The molecule has 0 spiro atoms. The summed E-state index contributed by atoms with van der Waals surface area (Å²) in [6.07, 6.45) is -3.52. The SMILES string of the molecule is C/C(=N\NC(=O)Nc1cc(F)cc(F)c1)c1ncccc1C(=O)O.CCc1ccc(COc2ccc(-n3c(=O)cc(C(F)(F)F)n(C)c3=O)cc2)c(OC(C)C(=O)OC)c1. The number of anilines is 1. The fraction of sp³-hybridized carbons (Fsp3) is 0.225. The number of pyridine rings is 1. The molecule has 5 rings (SSSR count). The van der Waals surface area contributed by atoms with Gasteiger partial charge in [0, 0.05) is 36.6 Å². The molecule has 5 aromatic rings. The first-order valence-electron chi connectivity index (χ1n) is 17.6. The number of carbonyl (C=O) groups excluding carboxylic acids is 2. The average Bonchev–Trinajstić information content (AvgIpc) is 3.20. The number of benzene rings is 3. The van der Waals surface area contributed by atoms with Gasteiger partial charge in [-0.3, -0.25) is 14.3 Å². The Morgan fingerprint density at radius 1 is 0.967 bits per heavy atom. The van der Waals surface area contributed by atoms with E-state index in [1.165, 1.54) is 56.6 Å². The van der Waals surface area contributed by atoms with Gasteiger partial charge in [0.15, 0.2) is 6.10 Å². The number of aryl methyl sites for hydroxylation is 1. The van der Waals surface area contributed by atoms with Crippen molar-refractivity contribution < 1.29 is 55.7 Å². The van der Waals surface area contributed by atoms with Crippen LogP contribution in [0.2, 0.25) is 0 Å². The van der Waals surface area contributed by atoms with Crippen molar-refractivity contribution >= 4 is 29.4 Å². The van der Waals surface area contributed by atoms with Crippen molar-refractivity contribution in [1.82, 2.24) is 19.5 Å². The van der Waals surface area contributed by atoms with Crippen LogP contribution in [0.5, 0.6) is 11.5 Å². The van der Waals surface area contributed by atoms with Gasteiger partial charge in [0.05, 0.1) is 24.1 Å². The molecule has 3 N–H and O–H groups in total. The van der Waals surface area contributed by atoms with Crippen molar-refractivity contribution in [2.24, 2.45) is 12.1 Å². The lowest BCUT2D eigenvalue weighted by Crippen LogP contribution is -2.40. The fourth-order valence-electron chi connectivity index (χ4n) is 5.28. The minimum Gasteiger partial charge on any atom is -0.489 e. The summed E-state index contributed by atoms with van der Waals surface area (Å²) in [6, 6.07) is 16.1. The highest BCUT2D eigenvalue weighted by atomic mass is 19.4. The van der Waals surface area contributed by atoms with Crippen molar-refractivity contribution in [1.29, 1.82) is 0 Å². The number of urea groups is 1. The molecule has 2 amide bonds. The monoisotopic (exact) mass is 840 g/mol. The molecule has 0 aliphatic rings. The molecule has 0 aliphatic carbocycles. The van der Waals surface area contributed by atoms with E-state index in [0.29, 0.717) is 38.3 Å². The number of nitrogens with zero attached hydrogens (tertiary/aromatic N) is 4. The second-order valence-corrected chi connectivity index (χ2v) is 12.5. The Hall–Kier alpha value is -7.38. The third-order valence-corrected chi connectivity index (χ3v) is 8.30. The molecule has 0 aliphatic heterocycles. The van der Waals surface area contributed by atoms with Crippen LogP contribution < -0.4 is 31.5 Å². The molecule has 2 heterocycles. The Morgan fingerprint density at radius 3 is 2.23 bits per heavy atom. The van der Waals surface area contributed by atoms with Crippen molar-refractivity contribution in [2.45, 2.75) is 46.1 Å². The van der Waals surface area contributed by atoms with Gasteiger partial charge >= 0.3 is 29.8 Å². The van der Waals surface area contributed by atoms with E-state index in [0.717, 1.165) is 31.2 Å². The Bertz CT molecular complexity index is 2500. The van der Waals surface area contributed by atoms with Crippen LogP contribution in [0.15, 0.2) is 99.8 Å². The predicted molar refractivity (Wildman–Crippen MR) is 206 cm³/mol. The van der Waals surface area contributed by atoms with Crippen molar-refractivity contribution in [2.75, 3.05) is 12.4 Å². The van der Waals surface area contributed by atoms with Crippen molar-refractivity contribution in [3.8, 4) is 17.2 Å². The molecule has 0 bridgehead atoms. The number of hydrogen-bond donors (Lipinski definition) is 3. The summed E-state index contributed by atoms with van der Waals surface area (Å²) in [4.78, 5) is 63.2. The molecular weight excluding hydrogens is 803 g/mol. The minimum absolute atomic E-state index is 0.0758. The Morgan fingerprint density at radius 2 is 1.63 bits per heavy atom. The molecule has 0 radical (unpaired) electrons. The molecule has 0 saturated carbocycles. The third-order valence-electron chi connectivity index (χ3n) is 8.30. The van der Waals surface area contributed by atoms with Gasteiger partial charge in [0.1, 0.15) is 41.1 Å². The van der Waals surface area contributed by atoms with E-state index in [2.05, 4.69) is 20.8 Å². The van der Waals surface area contributed by atoms with Crippen molar-refractivity contribution in [3.63, 3.8) is 0 Å². The summed E-state index contributed by atoms with van der Waals surface area (Å²) < 4.78 is 82.5. The summed E-state index contributed by atoms with van der Waals surface area (Å²) in [5.74, 6) is -2.56. The van der Waals surface area contributed by atoms with Crippen LogP contribution in [-0.2, 0) is 35.8 Å². The van der Waals surface area contributed by atoms with Crippen LogP contribution in [0.4, 0.5) is 32.4 Å². The molecule has 60 heavy (non-hydrogen) atoms. The van der Waals surface area contributed by atoms with Crippen LogP contribution in [0.3, 0.4) is 0 Å². The first kappa shape index (κ1) is 45.3. The maximum Gasteiger partial charge on any atom is 0.431 e. The highest BCUT2D eigenvalue weighted by Gasteiger charge is 2.35. The van der Waals surface area contributed by atoms with E-state index in [1.54, 1.807) is 6.92 Å². The van der Waals surface area contributed by atoms with Crippen LogP contribution >= 0.6 is 0 Å². The van der Waals surface area contributed by atoms with Gasteiger partial charge in [-0.05, 0) is 80.4 Å². The molecule has 3 aromatic carbocycles. The number of aromatic nitrogens is 3. The van der Waals surface area contributed by atoms with Gasteiger partial charge in [0.2, 0.25) is 0 Å². The van der Waals surface area contributed by atoms with Gasteiger partial charge < -0.3 is 24.6 Å². The van der Waals surface area contributed by atoms with Crippen molar-refractivity contribution in [3.05, 3.63) is 146 Å². The van der Waals surface area contributed by atoms with Gasteiger partial charge in [-0.25, -0.2) is 38.0 Å². The van der Waals surface area contributed by atoms with E-state index in [1.807, 2.05) is 25.1 Å². The number of methoxy groups -OCH3 is 1. The van der Waals surface area contributed by atoms with Crippen LogP contribution in [0, 0.1) is 11.6 Å². The average molecular weight is 841 g/mol. The molecule has 0 fully saturated rings. The normalized spacial score (nSPS) is 11.7. The van der Waals surface area contributed by atoms with Gasteiger partial charge in [-0.2, -0.15) is 18.3 Å². The molecule has 1 atom stereocenters. The number of halogens is 5. The number of esters is 1. The van der Waals surface area contributed by atoms with Gasteiger partial charge in [-0.15, -0.1) is 0 Å². The lowest BCUT2D eigenvalue weighted by molar-refractivity contribution is -0.148. The van der Waals surface area contributed by atoms with E-state index in [9.17, 15) is 45.9 Å². The second-order valence-electron chi connectivity index (χ2n) is 12.5. The minimum atomic E-state index is -4.84.